The van der Waals surface area contributed by atoms with Crippen molar-refractivity contribution in [3.05, 3.63) is 34.3 Å². The fourth-order valence-electron chi connectivity index (χ4n) is 3.08. The molecule has 0 aliphatic carbocycles. The van der Waals surface area contributed by atoms with Crippen LogP contribution in [0, 0.1) is 5.92 Å². The van der Waals surface area contributed by atoms with E-state index >= 15 is 0 Å². The van der Waals surface area contributed by atoms with Gasteiger partial charge in [0.1, 0.15) is 0 Å². The van der Waals surface area contributed by atoms with Gasteiger partial charge in [-0.1, -0.05) is 48.8 Å². The van der Waals surface area contributed by atoms with Crippen molar-refractivity contribution in [3.8, 4) is 0 Å². The van der Waals surface area contributed by atoms with E-state index in [2.05, 4.69) is 78.1 Å². The molecule has 1 fully saturated rings. The van der Waals surface area contributed by atoms with Crippen LogP contribution in [0.3, 0.4) is 0 Å². The Morgan fingerprint density at radius 1 is 1.25 bits per heavy atom. The van der Waals surface area contributed by atoms with Gasteiger partial charge in [-0.25, -0.2) is 0 Å². The number of benzene rings is 1. The van der Waals surface area contributed by atoms with Crippen LogP contribution in [0.15, 0.2) is 28.7 Å². The van der Waals surface area contributed by atoms with E-state index in [-0.39, 0.29) is 0 Å². The predicted molar refractivity (Wildman–Crippen MR) is 90.0 cm³/mol. The second-order valence-electron chi connectivity index (χ2n) is 6.25. The summed E-state index contributed by atoms with van der Waals surface area (Å²) in [5.41, 5.74) is 1.41. The zero-order chi connectivity index (χ0) is 14.7. The summed E-state index contributed by atoms with van der Waals surface area (Å²) >= 11 is 3.52. The fourth-order valence-corrected chi connectivity index (χ4v) is 3.34. The van der Waals surface area contributed by atoms with Gasteiger partial charge in [0.05, 0.1) is 0 Å². The zero-order valence-corrected chi connectivity index (χ0v) is 14.7. The first-order chi connectivity index (χ1) is 9.52. The van der Waals surface area contributed by atoms with E-state index in [1.54, 1.807) is 0 Å². The van der Waals surface area contributed by atoms with Crippen LogP contribution in [0.2, 0.25) is 0 Å². The Morgan fingerprint density at radius 3 is 2.45 bits per heavy atom. The van der Waals surface area contributed by atoms with Gasteiger partial charge in [0.2, 0.25) is 0 Å². The first-order valence-electron chi connectivity index (χ1n) is 7.77. The van der Waals surface area contributed by atoms with Crippen LogP contribution in [0.5, 0.6) is 0 Å². The molecule has 0 amide bonds. The van der Waals surface area contributed by atoms with Crippen LogP contribution in [-0.2, 0) is 0 Å². The fraction of sp³-hybridized carbons (Fsp3) is 0.647. The highest BCUT2D eigenvalue weighted by Gasteiger charge is 2.31. The Labute approximate surface area is 132 Å². The van der Waals surface area contributed by atoms with Crippen molar-refractivity contribution < 1.29 is 0 Å². The molecule has 1 heterocycles. The Balaban J connectivity index is 2.15. The molecular formula is C17H27BrN2. The monoisotopic (exact) mass is 338 g/mol. The summed E-state index contributed by atoms with van der Waals surface area (Å²) in [6.07, 6.45) is 1.21. The van der Waals surface area contributed by atoms with Gasteiger partial charge in [-0.15, -0.1) is 0 Å². The smallest absolute Gasteiger partial charge is 0.0324 e. The average Bonchev–Trinajstić information content (AvgIpc) is 2.46. The topological polar surface area (TPSA) is 15.3 Å². The lowest BCUT2D eigenvalue weighted by Crippen LogP contribution is -2.58. The molecule has 3 unspecified atom stereocenters. The minimum atomic E-state index is 0.483. The third-order valence-electron chi connectivity index (χ3n) is 4.62. The molecule has 0 spiro atoms. The highest BCUT2D eigenvalue weighted by atomic mass is 79.9. The zero-order valence-electron chi connectivity index (χ0n) is 13.1. The number of rotatable bonds is 4. The molecule has 1 N–H and O–H groups in total. The van der Waals surface area contributed by atoms with Crippen LogP contribution < -0.4 is 5.32 Å². The third-order valence-corrected chi connectivity index (χ3v) is 5.15. The van der Waals surface area contributed by atoms with Crippen molar-refractivity contribution >= 4 is 15.9 Å². The summed E-state index contributed by atoms with van der Waals surface area (Å²) < 4.78 is 1.15. The van der Waals surface area contributed by atoms with Crippen LogP contribution in [0.25, 0.3) is 0 Å². The van der Waals surface area contributed by atoms with Crippen molar-refractivity contribution in [3.63, 3.8) is 0 Å². The molecule has 0 saturated carbocycles. The third kappa shape index (κ3) is 3.63. The molecule has 3 heteroatoms. The van der Waals surface area contributed by atoms with E-state index in [0.717, 1.165) is 17.6 Å². The lowest BCUT2D eigenvalue weighted by molar-refractivity contribution is 0.0736. The molecule has 0 aromatic heterocycles. The first kappa shape index (κ1) is 16.0. The van der Waals surface area contributed by atoms with Crippen LogP contribution in [0.1, 0.15) is 45.7 Å². The summed E-state index contributed by atoms with van der Waals surface area (Å²) in [7, 11) is 0. The Bertz CT molecular complexity index is 416. The van der Waals surface area contributed by atoms with E-state index < -0.39 is 0 Å². The molecule has 3 atom stereocenters. The van der Waals surface area contributed by atoms with Crippen molar-refractivity contribution in [1.82, 2.24) is 10.2 Å². The van der Waals surface area contributed by atoms with E-state index in [1.807, 2.05) is 0 Å². The Hall–Kier alpha value is -0.380. The molecule has 1 aliphatic heterocycles. The number of halogens is 1. The number of nitrogens with one attached hydrogen (secondary N) is 1. The van der Waals surface area contributed by atoms with Gasteiger partial charge in [0, 0.05) is 35.7 Å². The minimum absolute atomic E-state index is 0.483. The summed E-state index contributed by atoms with van der Waals surface area (Å²) in [5, 5.41) is 3.72. The van der Waals surface area contributed by atoms with Gasteiger partial charge in [0.15, 0.2) is 0 Å². The molecule has 0 radical (unpaired) electrons. The highest BCUT2D eigenvalue weighted by molar-refractivity contribution is 9.10. The van der Waals surface area contributed by atoms with Crippen LogP contribution in [0.4, 0.5) is 0 Å². The molecule has 112 valence electrons. The summed E-state index contributed by atoms with van der Waals surface area (Å²) in [6, 6.07) is 10.5. The molecule has 2 rings (SSSR count). The first-order valence-corrected chi connectivity index (χ1v) is 8.56. The van der Waals surface area contributed by atoms with Gasteiger partial charge in [-0.05, 0) is 37.0 Å². The van der Waals surface area contributed by atoms with Crippen LogP contribution >= 0.6 is 15.9 Å². The number of piperazine rings is 1. The van der Waals surface area contributed by atoms with E-state index in [0.29, 0.717) is 24.0 Å². The van der Waals surface area contributed by atoms with Crippen molar-refractivity contribution in [2.75, 3.05) is 13.1 Å². The molecule has 1 saturated heterocycles. The normalized spacial score (nSPS) is 25.9. The van der Waals surface area contributed by atoms with Crippen LogP contribution in [-0.4, -0.2) is 30.1 Å². The standard InChI is InChI=1S/C17H27BrN2/c1-5-16-10-19-17(12(2)3)11-20(16)13(4)14-6-8-15(18)9-7-14/h6-9,12-13,16-17,19H,5,10-11H2,1-4H3. The van der Waals surface area contributed by atoms with E-state index in [9.17, 15) is 0 Å². The molecule has 0 bridgehead atoms. The minimum Gasteiger partial charge on any atom is -0.311 e. The van der Waals surface area contributed by atoms with E-state index in [4.69, 9.17) is 0 Å². The highest BCUT2D eigenvalue weighted by Crippen LogP contribution is 2.27. The Kier molecular flexibility index (Phi) is 5.65. The van der Waals surface area contributed by atoms with E-state index in [1.165, 1.54) is 12.0 Å². The largest absolute Gasteiger partial charge is 0.311 e. The summed E-state index contributed by atoms with van der Waals surface area (Å²) in [6.45, 7) is 11.5. The van der Waals surface area contributed by atoms with Crippen molar-refractivity contribution in [2.24, 2.45) is 5.92 Å². The van der Waals surface area contributed by atoms with Gasteiger partial charge in [-0.3, -0.25) is 4.90 Å². The molecule has 1 aromatic carbocycles. The Morgan fingerprint density at radius 2 is 1.90 bits per heavy atom. The molecular weight excluding hydrogens is 312 g/mol. The maximum atomic E-state index is 3.72. The molecule has 20 heavy (non-hydrogen) atoms. The second-order valence-corrected chi connectivity index (χ2v) is 7.16. The summed E-state index contributed by atoms with van der Waals surface area (Å²) in [5.74, 6) is 0.687. The molecule has 1 aromatic rings. The molecule has 1 aliphatic rings. The quantitative estimate of drug-likeness (QED) is 0.884. The van der Waals surface area contributed by atoms with Gasteiger partial charge < -0.3 is 5.32 Å². The van der Waals surface area contributed by atoms with Crippen molar-refractivity contribution in [1.29, 1.82) is 0 Å². The van der Waals surface area contributed by atoms with Gasteiger partial charge in [0.25, 0.3) is 0 Å². The van der Waals surface area contributed by atoms with Gasteiger partial charge in [-0.2, -0.15) is 0 Å². The number of nitrogens with zero attached hydrogens (tertiary/aromatic N) is 1. The lowest BCUT2D eigenvalue weighted by Gasteiger charge is -2.45. The number of hydrogen-bond acceptors (Lipinski definition) is 2. The predicted octanol–water partition coefficient (Wildman–Crippen LogP) is 4.22. The summed E-state index contributed by atoms with van der Waals surface area (Å²) in [4.78, 5) is 2.68. The van der Waals surface area contributed by atoms with Gasteiger partial charge >= 0.3 is 0 Å². The molecule has 2 nitrogen and oxygen atoms in total. The lowest BCUT2D eigenvalue weighted by atomic mass is 9.95. The SMILES string of the molecule is CCC1CNC(C(C)C)CN1C(C)c1ccc(Br)cc1. The number of hydrogen-bond donors (Lipinski definition) is 1. The maximum Gasteiger partial charge on any atom is 0.0324 e. The average molecular weight is 339 g/mol. The van der Waals surface area contributed by atoms with Crippen molar-refractivity contribution in [2.45, 2.75) is 52.2 Å². The second kappa shape index (κ2) is 7.06. The maximum absolute atomic E-state index is 3.72.